The highest BCUT2D eigenvalue weighted by Gasteiger charge is 2.23. The van der Waals surface area contributed by atoms with Crippen LogP contribution in [0.15, 0.2) is 22.7 Å². The molecular weight excluding hydrogens is 200 g/mol. The zero-order valence-electron chi connectivity index (χ0n) is 9.28. The maximum atomic E-state index is 5.61. The minimum atomic E-state index is 0.557. The first-order chi connectivity index (χ1) is 7.88. The van der Waals surface area contributed by atoms with Crippen molar-refractivity contribution in [1.29, 1.82) is 0 Å². The predicted octanol–water partition coefficient (Wildman–Crippen LogP) is 2.94. The molecule has 1 heterocycles. The molecule has 3 rings (SSSR count). The minimum Gasteiger partial charge on any atom is -0.360 e. The Hall–Kier alpha value is -1.35. The molecule has 1 aliphatic rings. The van der Waals surface area contributed by atoms with Gasteiger partial charge in [-0.2, -0.15) is 0 Å². The van der Waals surface area contributed by atoms with Crippen LogP contribution >= 0.6 is 0 Å². The Morgan fingerprint density at radius 3 is 2.88 bits per heavy atom. The second-order valence-corrected chi connectivity index (χ2v) is 4.58. The molecule has 3 nitrogen and oxygen atoms in total. The fraction of sp³-hybridized carbons (Fsp3) is 0.462. The number of hydrogen-bond donors (Lipinski definition) is 1. The first-order valence-electron chi connectivity index (χ1n) is 5.97. The van der Waals surface area contributed by atoms with Crippen molar-refractivity contribution in [3.63, 3.8) is 0 Å². The first-order valence-corrected chi connectivity index (χ1v) is 5.97. The van der Waals surface area contributed by atoms with Gasteiger partial charge in [-0.1, -0.05) is 24.1 Å². The van der Waals surface area contributed by atoms with E-state index in [9.17, 15) is 0 Å². The van der Waals surface area contributed by atoms with Gasteiger partial charge in [0.25, 0.3) is 0 Å². The summed E-state index contributed by atoms with van der Waals surface area (Å²) in [6.07, 6.45) is 5.10. The number of hydrogen-bond acceptors (Lipinski definition) is 3. The van der Waals surface area contributed by atoms with Gasteiger partial charge in [-0.3, -0.25) is 0 Å². The number of rotatable bonds is 2. The highest BCUT2D eigenvalue weighted by Crippen LogP contribution is 2.37. The molecule has 0 bridgehead atoms. The molecule has 1 saturated carbocycles. The van der Waals surface area contributed by atoms with Crippen LogP contribution in [0.25, 0.3) is 10.9 Å². The van der Waals surface area contributed by atoms with Crippen molar-refractivity contribution in [2.24, 2.45) is 5.73 Å². The van der Waals surface area contributed by atoms with Crippen LogP contribution in [0.1, 0.15) is 42.9 Å². The van der Waals surface area contributed by atoms with Gasteiger partial charge in [0.15, 0.2) is 0 Å². The third kappa shape index (κ3) is 1.52. The SMILES string of the molecule is NCc1ccc2c(C3CCCC3)onc2c1. The van der Waals surface area contributed by atoms with Crippen molar-refractivity contribution in [1.82, 2.24) is 5.16 Å². The molecule has 2 N–H and O–H groups in total. The lowest BCUT2D eigenvalue weighted by Crippen LogP contribution is -1.95. The van der Waals surface area contributed by atoms with Crippen LogP contribution in [-0.4, -0.2) is 5.16 Å². The van der Waals surface area contributed by atoms with Gasteiger partial charge in [0.05, 0.1) is 0 Å². The van der Waals surface area contributed by atoms with E-state index in [0.717, 1.165) is 16.8 Å². The number of nitrogens with zero attached hydrogens (tertiary/aromatic N) is 1. The third-order valence-electron chi connectivity index (χ3n) is 3.53. The van der Waals surface area contributed by atoms with Crippen LogP contribution in [0.5, 0.6) is 0 Å². The van der Waals surface area contributed by atoms with Gasteiger partial charge < -0.3 is 10.3 Å². The average Bonchev–Trinajstić information content (AvgIpc) is 2.96. The highest BCUT2D eigenvalue weighted by molar-refractivity contribution is 5.81. The zero-order chi connectivity index (χ0) is 11.0. The number of aromatic nitrogens is 1. The standard InChI is InChI=1S/C13H16N2O/c14-8-9-5-6-11-12(7-9)15-16-13(11)10-3-1-2-4-10/h5-7,10H,1-4,8,14H2. The number of nitrogens with two attached hydrogens (primary N) is 1. The minimum absolute atomic E-state index is 0.557. The van der Waals surface area contributed by atoms with Crippen LogP contribution in [0.4, 0.5) is 0 Å². The molecule has 3 heteroatoms. The molecule has 1 aliphatic carbocycles. The Labute approximate surface area is 94.6 Å². The summed E-state index contributed by atoms with van der Waals surface area (Å²) in [6, 6.07) is 6.19. The van der Waals surface area contributed by atoms with E-state index in [0.29, 0.717) is 12.5 Å². The summed E-state index contributed by atoms with van der Waals surface area (Å²) < 4.78 is 5.51. The number of fused-ring (bicyclic) bond motifs is 1. The molecule has 16 heavy (non-hydrogen) atoms. The van der Waals surface area contributed by atoms with Crippen molar-refractivity contribution < 1.29 is 4.52 Å². The third-order valence-corrected chi connectivity index (χ3v) is 3.53. The predicted molar refractivity (Wildman–Crippen MR) is 63.1 cm³/mol. The Bertz CT molecular complexity index is 498. The molecule has 1 aromatic carbocycles. The van der Waals surface area contributed by atoms with Gasteiger partial charge in [0.1, 0.15) is 11.3 Å². The van der Waals surface area contributed by atoms with Crippen molar-refractivity contribution in [3.05, 3.63) is 29.5 Å². The first kappa shape index (κ1) is 9.85. The smallest absolute Gasteiger partial charge is 0.147 e. The quantitative estimate of drug-likeness (QED) is 0.839. The molecule has 0 amide bonds. The topological polar surface area (TPSA) is 52.0 Å². The van der Waals surface area contributed by atoms with Crippen molar-refractivity contribution in [3.8, 4) is 0 Å². The van der Waals surface area contributed by atoms with Gasteiger partial charge in [-0.05, 0) is 30.5 Å². The van der Waals surface area contributed by atoms with E-state index in [1.807, 2.05) is 6.07 Å². The van der Waals surface area contributed by atoms with Gasteiger partial charge in [-0.25, -0.2) is 0 Å². The molecule has 0 atom stereocenters. The Kier molecular flexibility index (Phi) is 2.40. The second-order valence-electron chi connectivity index (χ2n) is 4.58. The lowest BCUT2D eigenvalue weighted by molar-refractivity contribution is 0.368. The molecule has 84 valence electrons. The van der Waals surface area contributed by atoms with E-state index in [2.05, 4.69) is 17.3 Å². The highest BCUT2D eigenvalue weighted by atomic mass is 16.5. The molecule has 0 saturated heterocycles. The van der Waals surface area contributed by atoms with E-state index in [1.165, 1.54) is 31.1 Å². The molecular formula is C13H16N2O. The molecule has 0 radical (unpaired) electrons. The molecule has 0 aliphatic heterocycles. The second kappa shape index (κ2) is 3.91. The maximum Gasteiger partial charge on any atom is 0.147 e. The average molecular weight is 216 g/mol. The Morgan fingerprint density at radius 1 is 1.31 bits per heavy atom. The van der Waals surface area contributed by atoms with Crippen molar-refractivity contribution in [2.75, 3.05) is 0 Å². The normalized spacial score (nSPS) is 17.3. The maximum absolute atomic E-state index is 5.61. The summed E-state index contributed by atoms with van der Waals surface area (Å²) in [4.78, 5) is 0. The van der Waals surface area contributed by atoms with Gasteiger partial charge in [0.2, 0.25) is 0 Å². The lowest BCUT2D eigenvalue weighted by Gasteiger charge is -2.03. The summed E-state index contributed by atoms with van der Waals surface area (Å²) >= 11 is 0. The van der Waals surface area contributed by atoms with E-state index >= 15 is 0 Å². The van der Waals surface area contributed by atoms with E-state index in [-0.39, 0.29) is 0 Å². The van der Waals surface area contributed by atoms with E-state index in [1.54, 1.807) is 0 Å². The van der Waals surface area contributed by atoms with Crippen LogP contribution in [0, 0.1) is 0 Å². The molecule has 0 unspecified atom stereocenters. The van der Waals surface area contributed by atoms with Crippen molar-refractivity contribution >= 4 is 10.9 Å². The van der Waals surface area contributed by atoms with Gasteiger partial charge in [-0.15, -0.1) is 0 Å². The molecule has 2 aromatic rings. The number of benzene rings is 1. The summed E-state index contributed by atoms with van der Waals surface area (Å²) in [5, 5.41) is 5.31. The van der Waals surface area contributed by atoms with Gasteiger partial charge in [0, 0.05) is 17.8 Å². The summed E-state index contributed by atoms with van der Waals surface area (Å²) in [5.74, 6) is 1.66. The van der Waals surface area contributed by atoms with E-state index in [4.69, 9.17) is 10.3 Å². The summed E-state index contributed by atoms with van der Waals surface area (Å²) in [6.45, 7) is 0.557. The fourth-order valence-electron chi connectivity index (χ4n) is 2.62. The van der Waals surface area contributed by atoms with Crippen LogP contribution in [0.2, 0.25) is 0 Å². The molecule has 1 aromatic heterocycles. The largest absolute Gasteiger partial charge is 0.360 e. The van der Waals surface area contributed by atoms with E-state index < -0.39 is 0 Å². The Balaban J connectivity index is 2.06. The summed E-state index contributed by atoms with van der Waals surface area (Å²) in [5.41, 5.74) is 7.67. The molecule has 0 spiro atoms. The summed E-state index contributed by atoms with van der Waals surface area (Å²) in [7, 11) is 0. The van der Waals surface area contributed by atoms with Crippen LogP contribution < -0.4 is 5.73 Å². The van der Waals surface area contributed by atoms with Crippen molar-refractivity contribution in [2.45, 2.75) is 38.1 Å². The monoisotopic (exact) mass is 216 g/mol. The Morgan fingerprint density at radius 2 is 2.12 bits per heavy atom. The van der Waals surface area contributed by atoms with Crippen LogP contribution in [-0.2, 0) is 6.54 Å². The fourth-order valence-corrected chi connectivity index (χ4v) is 2.62. The van der Waals surface area contributed by atoms with Gasteiger partial charge >= 0.3 is 0 Å². The van der Waals surface area contributed by atoms with Crippen LogP contribution in [0.3, 0.4) is 0 Å². The zero-order valence-corrected chi connectivity index (χ0v) is 9.28. The lowest BCUT2D eigenvalue weighted by atomic mass is 10.0. The molecule has 1 fully saturated rings.